The molecule has 0 aliphatic heterocycles. The smallest absolute Gasteiger partial charge is 0.135 e. The first-order valence-corrected chi connectivity index (χ1v) is 9.37. The van der Waals surface area contributed by atoms with Gasteiger partial charge in [0, 0.05) is 23.2 Å². The molecule has 1 N–H and O–H groups in total. The topological polar surface area (TPSA) is 25.2 Å². The molecule has 3 heteroatoms. The molecule has 2 aromatic carbocycles. The predicted molar refractivity (Wildman–Crippen MR) is 101 cm³/mol. The highest BCUT2D eigenvalue weighted by Crippen LogP contribution is 2.35. The third kappa shape index (κ3) is 3.62. The lowest BCUT2D eigenvalue weighted by Crippen LogP contribution is -2.16. The van der Waals surface area contributed by atoms with Gasteiger partial charge in [0.15, 0.2) is 0 Å². The molecule has 2 nitrogen and oxygen atoms in total. The molecule has 0 saturated heterocycles. The van der Waals surface area contributed by atoms with Crippen LogP contribution in [0.4, 0.5) is 0 Å². The Morgan fingerprint density at radius 2 is 1.74 bits per heavy atom. The van der Waals surface area contributed by atoms with Crippen LogP contribution >= 0.6 is 11.8 Å². The third-order valence-corrected chi connectivity index (χ3v) is 4.64. The van der Waals surface area contributed by atoms with Gasteiger partial charge < -0.3 is 9.73 Å². The number of nitrogens with one attached hydrogen (secondary N) is 1. The van der Waals surface area contributed by atoms with E-state index < -0.39 is 0 Å². The molecule has 3 aromatic rings. The average Bonchev–Trinajstić information content (AvgIpc) is 2.90. The van der Waals surface area contributed by atoms with E-state index >= 15 is 0 Å². The summed E-state index contributed by atoms with van der Waals surface area (Å²) in [4.78, 5) is 0. The quantitative estimate of drug-likeness (QED) is 0.633. The summed E-state index contributed by atoms with van der Waals surface area (Å²) in [6.07, 6.45) is 2.13. The van der Waals surface area contributed by atoms with Crippen LogP contribution in [0.3, 0.4) is 0 Å². The second kappa shape index (κ2) is 7.24. The number of fused-ring (bicyclic) bond motifs is 1. The van der Waals surface area contributed by atoms with E-state index in [-0.39, 0.29) is 0 Å². The van der Waals surface area contributed by atoms with Gasteiger partial charge >= 0.3 is 0 Å². The number of aryl methyl sites for hydroxylation is 2. The fourth-order valence-corrected chi connectivity index (χ4v) is 3.15. The molecule has 0 aliphatic carbocycles. The van der Waals surface area contributed by atoms with Gasteiger partial charge in [-0.3, -0.25) is 0 Å². The van der Waals surface area contributed by atoms with Crippen molar-refractivity contribution in [1.82, 2.24) is 5.32 Å². The molecular weight excluding hydrogens is 302 g/mol. The van der Waals surface area contributed by atoms with Gasteiger partial charge in [0.05, 0.1) is 6.54 Å². The lowest BCUT2D eigenvalue weighted by atomic mass is 10.00. The highest BCUT2D eigenvalue weighted by molar-refractivity contribution is 7.98. The summed E-state index contributed by atoms with van der Waals surface area (Å²) in [5, 5.41) is 4.69. The van der Waals surface area contributed by atoms with E-state index in [1.807, 2.05) is 11.8 Å². The van der Waals surface area contributed by atoms with Crippen molar-refractivity contribution < 1.29 is 4.42 Å². The zero-order chi connectivity index (χ0) is 16.2. The van der Waals surface area contributed by atoms with Crippen LogP contribution < -0.4 is 5.32 Å². The van der Waals surface area contributed by atoms with E-state index in [9.17, 15) is 0 Å². The summed E-state index contributed by atoms with van der Waals surface area (Å²) in [6, 6.07) is 15.1. The maximum absolute atomic E-state index is 6.15. The van der Waals surface area contributed by atoms with Gasteiger partial charge in [-0.1, -0.05) is 41.5 Å². The van der Waals surface area contributed by atoms with Crippen molar-refractivity contribution in [3.63, 3.8) is 0 Å². The molecule has 0 fully saturated rings. The summed E-state index contributed by atoms with van der Waals surface area (Å²) < 4.78 is 6.15. The van der Waals surface area contributed by atoms with E-state index in [0.717, 1.165) is 30.2 Å². The monoisotopic (exact) mass is 325 g/mol. The number of thioether (sulfide) groups is 1. The average molecular weight is 325 g/mol. The molecule has 0 bridgehead atoms. The molecule has 0 aliphatic rings. The molecule has 23 heavy (non-hydrogen) atoms. The van der Waals surface area contributed by atoms with Crippen LogP contribution in [-0.4, -0.2) is 18.6 Å². The maximum Gasteiger partial charge on any atom is 0.135 e. The SMILES string of the molecule is CSCCNCc1oc2ccc(C)cc2c1-c1ccc(C)cc1. The van der Waals surface area contributed by atoms with Gasteiger partial charge in [0.1, 0.15) is 11.3 Å². The van der Waals surface area contributed by atoms with Crippen LogP contribution in [0, 0.1) is 13.8 Å². The fraction of sp³-hybridized carbons (Fsp3) is 0.300. The number of hydrogen-bond acceptors (Lipinski definition) is 3. The van der Waals surface area contributed by atoms with Crippen molar-refractivity contribution in [3.05, 3.63) is 59.4 Å². The Kier molecular flexibility index (Phi) is 5.09. The Morgan fingerprint density at radius 3 is 2.48 bits per heavy atom. The number of benzene rings is 2. The first-order chi connectivity index (χ1) is 11.2. The van der Waals surface area contributed by atoms with Crippen molar-refractivity contribution in [2.24, 2.45) is 0 Å². The minimum Gasteiger partial charge on any atom is -0.459 e. The third-order valence-electron chi connectivity index (χ3n) is 4.03. The van der Waals surface area contributed by atoms with E-state index in [0.29, 0.717) is 0 Å². The second-order valence-electron chi connectivity index (χ2n) is 5.94. The molecule has 0 radical (unpaired) electrons. The summed E-state index contributed by atoms with van der Waals surface area (Å²) in [7, 11) is 0. The molecule has 0 unspecified atom stereocenters. The molecule has 0 spiro atoms. The first kappa shape index (κ1) is 16.2. The molecule has 0 atom stereocenters. The molecular formula is C20H23NOS. The largest absolute Gasteiger partial charge is 0.459 e. The van der Waals surface area contributed by atoms with E-state index in [2.05, 4.69) is 67.9 Å². The lowest BCUT2D eigenvalue weighted by Gasteiger charge is -2.06. The van der Waals surface area contributed by atoms with Crippen molar-refractivity contribution >= 4 is 22.7 Å². The summed E-state index contributed by atoms with van der Waals surface area (Å²) in [6.45, 7) is 6.00. The molecule has 0 amide bonds. The minimum atomic E-state index is 0.761. The van der Waals surface area contributed by atoms with Crippen LogP contribution in [0.5, 0.6) is 0 Å². The van der Waals surface area contributed by atoms with Gasteiger partial charge in [-0.15, -0.1) is 0 Å². The van der Waals surface area contributed by atoms with Crippen LogP contribution in [0.15, 0.2) is 46.9 Å². The molecule has 1 heterocycles. The van der Waals surface area contributed by atoms with Crippen LogP contribution in [0.2, 0.25) is 0 Å². The van der Waals surface area contributed by atoms with Gasteiger partial charge in [-0.05, 0) is 37.8 Å². The maximum atomic E-state index is 6.15. The van der Waals surface area contributed by atoms with Gasteiger partial charge in [0.2, 0.25) is 0 Å². The Balaban J connectivity index is 2.03. The predicted octanol–water partition coefficient (Wildman–Crippen LogP) is 5.17. The first-order valence-electron chi connectivity index (χ1n) is 7.98. The van der Waals surface area contributed by atoms with Crippen LogP contribution in [0.1, 0.15) is 16.9 Å². The van der Waals surface area contributed by atoms with Crippen LogP contribution in [0.25, 0.3) is 22.1 Å². The minimum absolute atomic E-state index is 0.761. The Hall–Kier alpha value is -1.71. The lowest BCUT2D eigenvalue weighted by molar-refractivity contribution is 0.522. The highest BCUT2D eigenvalue weighted by atomic mass is 32.2. The second-order valence-corrected chi connectivity index (χ2v) is 6.92. The standard InChI is InChI=1S/C20H23NOS/c1-14-4-7-16(8-5-14)20-17-12-15(2)6-9-18(17)22-19(20)13-21-10-11-23-3/h4-9,12,21H,10-11,13H2,1-3H3. The van der Waals surface area contributed by atoms with Crippen molar-refractivity contribution in [2.75, 3.05) is 18.6 Å². The van der Waals surface area contributed by atoms with Crippen molar-refractivity contribution in [2.45, 2.75) is 20.4 Å². The fourth-order valence-electron chi connectivity index (χ4n) is 2.80. The van der Waals surface area contributed by atoms with E-state index in [1.54, 1.807) is 0 Å². The Bertz CT molecular complexity index is 789. The summed E-state index contributed by atoms with van der Waals surface area (Å²) in [5.41, 5.74) is 5.95. The summed E-state index contributed by atoms with van der Waals surface area (Å²) in [5.74, 6) is 2.13. The molecule has 120 valence electrons. The molecule has 1 aromatic heterocycles. The van der Waals surface area contributed by atoms with Gasteiger partial charge in [-0.2, -0.15) is 11.8 Å². The van der Waals surface area contributed by atoms with E-state index in [4.69, 9.17) is 4.42 Å². The number of rotatable bonds is 6. The zero-order valence-corrected chi connectivity index (χ0v) is 14.8. The van der Waals surface area contributed by atoms with Gasteiger partial charge in [-0.25, -0.2) is 0 Å². The molecule has 3 rings (SSSR count). The Morgan fingerprint density at radius 1 is 1.00 bits per heavy atom. The van der Waals surface area contributed by atoms with Gasteiger partial charge in [0.25, 0.3) is 0 Å². The normalized spacial score (nSPS) is 11.3. The summed E-state index contributed by atoms with van der Waals surface area (Å²) >= 11 is 1.85. The zero-order valence-electron chi connectivity index (χ0n) is 14.0. The number of hydrogen-bond donors (Lipinski definition) is 1. The number of furan rings is 1. The van der Waals surface area contributed by atoms with Crippen LogP contribution in [-0.2, 0) is 6.54 Å². The van der Waals surface area contributed by atoms with Crippen molar-refractivity contribution in [3.8, 4) is 11.1 Å². The van der Waals surface area contributed by atoms with E-state index in [1.165, 1.54) is 27.6 Å². The molecule has 0 saturated carbocycles. The highest BCUT2D eigenvalue weighted by Gasteiger charge is 2.15. The Labute approximate surface area is 142 Å². The van der Waals surface area contributed by atoms with Crippen molar-refractivity contribution in [1.29, 1.82) is 0 Å².